The Morgan fingerprint density at radius 3 is 2.80 bits per heavy atom. The number of halogens is 4. The summed E-state index contributed by atoms with van der Waals surface area (Å²) in [5, 5.41) is 2.51. The van der Waals surface area contributed by atoms with Crippen molar-refractivity contribution in [2.45, 2.75) is 25.7 Å². The van der Waals surface area contributed by atoms with Crippen LogP contribution in [0.2, 0.25) is 5.02 Å². The van der Waals surface area contributed by atoms with Gasteiger partial charge < -0.3 is 19.7 Å². The number of hydrogen-bond donors (Lipinski definition) is 1. The Kier molecular flexibility index (Phi) is 6.99. The summed E-state index contributed by atoms with van der Waals surface area (Å²) in [6.07, 6.45) is -1.58. The predicted molar refractivity (Wildman–Crippen MR) is 104 cm³/mol. The van der Waals surface area contributed by atoms with Gasteiger partial charge in [-0.1, -0.05) is 17.7 Å². The lowest BCUT2D eigenvalue weighted by Crippen LogP contribution is -2.41. The van der Waals surface area contributed by atoms with Gasteiger partial charge in [-0.2, -0.15) is 13.2 Å². The molecule has 2 aromatic heterocycles. The maximum Gasteiger partial charge on any atom is 0.422 e. The SMILES string of the molecule is CC1CN(c2ccc(CNC(=O)c3cnc(OCC(F)(F)F)c(Cl)c3)cn2)CCO1. The Morgan fingerprint density at radius 1 is 1.37 bits per heavy atom. The van der Waals surface area contributed by atoms with E-state index >= 15 is 0 Å². The van der Waals surface area contributed by atoms with Crippen LogP contribution in [-0.4, -0.2) is 54.5 Å². The predicted octanol–water partition coefficient (Wildman–Crippen LogP) is 3.23. The van der Waals surface area contributed by atoms with Crippen LogP contribution >= 0.6 is 11.6 Å². The van der Waals surface area contributed by atoms with Gasteiger partial charge in [-0.05, 0) is 24.6 Å². The van der Waals surface area contributed by atoms with Gasteiger partial charge in [0.05, 0.1) is 18.3 Å². The Balaban J connectivity index is 1.54. The molecule has 1 unspecified atom stereocenters. The molecule has 0 aromatic carbocycles. The fraction of sp³-hybridized carbons (Fsp3) is 0.421. The highest BCUT2D eigenvalue weighted by molar-refractivity contribution is 6.32. The van der Waals surface area contributed by atoms with Gasteiger partial charge in [0.25, 0.3) is 5.91 Å². The molecule has 0 radical (unpaired) electrons. The van der Waals surface area contributed by atoms with Crippen LogP contribution in [0.25, 0.3) is 0 Å². The lowest BCUT2D eigenvalue weighted by atomic mass is 10.2. The minimum absolute atomic E-state index is 0.103. The van der Waals surface area contributed by atoms with Crippen LogP contribution in [0.3, 0.4) is 0 Å². The zero-order valence-electron chi connectivity index (χ0n) is 16.1. The normalized spacial score (nSPS) is 17.0. The molecule has 30 heavy (non-hydrogen) atoms. The third kappa shape index (κ3) is 6.20. The first-order valence-corrected chi connectivity index (χ1v) is 9.54. The second-order valence-electron chi connectivity index (χ2n) is 6.75. The molecule has 1 saturated heterocycles. The number of nitrogens with zero attached hydrogens (tertiary/aromatic N) is 3. The summed E-state index contributed by atoms with van der Waals surface area (Å²) in [7, 11) is 0. The quantitative estimate of drug-likeness (QED) is 0.737. The molecular weight excluding hydrogens is 425 g/mol. The lowest BCUT2D eigenvalue weighted by Gasteiger charge is -2.32. The van der Waals surface area contributed by atoms with Crippen LogP contribution in [-0.2, 0) is 11.3 Å². The van der Waals surface area contributed by atoms with Crippen LogP contribution in [0.5, 0.6) is 5.88 Å². The summed E-state index contributed by atoms with van der Waals surface area (Å²) >= 11 is 5.86. The summed E-state index contributed by atoms with van der Waals surface area (Å²) in [5.74, 6) is -0.0220. The third-order valence-corrected chi connectivity index (χ3v) is 4.54. The Bertz CT molecular complexity index is 880. The summed E-state index contributed by atoms with van der Waals surface area (Å²) < 4.78 is 46.7. The first-order chi connectivity index (χ1) is 14.2. The molecule has 3 heterocycles. The minimum atomic E-state index is -4.51. The Morgan fingerprint density at radius 2 is 2.17 bits per heavy atom. The van der Waals surface area contributed by atoms with E-state index in [1.165, 1.54) is 6.07 Å². The standard InChI is InChI=1S/C19H20ClF3N4O3/c1-12-10-27(4-5-29-12)16-3-2-13(7-24-16)8-25-17(28)14-6-15(20)18(26-9-14)30-11-19(21,22)23/h2-3,6-7,9,12H,4-5,8,10-11H2,1H3,(H,25,28). The van der Waals surface area contributed by atoms with Gasteiger partial charge in [-0.15, -0.1) is 0 Å². The van der Waals surface area contributed by atoms with Crippen molar-refractivity contribution in [1.29, 1.82) is 0 Å². The van der Waals surface area contributed by atoms with E-state index in [4.69, 9.17) is 16.3 Å². The van der Waals surface area contributed by atoms with E-state index in [0.29, 0.717) is 6.61 Å². The summed E-state index contributed by atoms with van der Waals surface area (Å²) in [6, 6.07) is 4.95. The van der Waals surface area contributed by atoms with Gasteiger partial charge >= 0.3 is 6.18 Å². The van der Waals surface area contributed by atoms with Crippen molar-refractivity contribution in [3.05, 3.63) is 46.7 Å². The molecule has 0 aliphatic carbocycles. The highest BCUT2D eigenvalue weighted by Crippen LogP contribution is 2.25. The van der Waals surface area contributed by atoms with Gasteiger partial charge in [0.15, 0.2) is 6.61 Å². The second kappa shape index (κ2) is 9.48. The number of nitrogens with one attached hydrogen (secondary N) is 1. The van der Waals surface area contributed by atoms with Crippen LogP contribution in [0.15, 0.2) is 30.6 Å². The van der Waals surface area contributed by atoms with E-state index in [-0.39, 0.29) is 29.1 Å². The molecule has 0 bridgehead atoms. The molecular formula is C19H20ClF3N4O3. The molecule has 1 amide bonds. The molecule has 1 N–H and O–H groups in total. The van der Waals surface area contributed by atoms with Crippen LogP contribution < -0.4 is 15.0 Å². The number of amides is 1. The summed E-state index contributed by atoms with van der Waals surface area (Å²) in [6.45, 7) is 2.89. The van der Waals surface area contributed by atoms with E-state index in [9.17, 15) is 18.0 Å². The Hall–Kier alpha value is -2.59. The minimum Gasteiger partial charge on any atom is -0.467 e. The van der Waals surface area contributed by atoms with Crippen LogP contribution in [0.4, 0.5) is 19.0 Å². The first-order valence-electron chi connectivity index (χ1n) is 9.16. The molecule has 0 saturated carbocycles. The summed E-state index contributed by atoms with van der Waals surface area (Å²) in [5.41, 5.74) is 0.892. The fourth-order valence-electron chi connectivity index (χ4n) is 2.83. The molecule has 11 heteroatoms. The molecule has 0 spiro atoms. The number of carbonyl (C=O) groups is 1. The van der Waals surface area contributed by atoms with Crippen molar-refractivity contribution in [2.24, 2.45) is 0 Å². The van der Waals surface area contributed by atoms with E-state index < -0.39 is 18.7 Å². The zero-order valence-corrected chi connectivity index (χ0v) is 16.8. The largest absolute Gasteiger partial charge is 0.467 e. The number of ether oxygens (including phenoxy) is 2. The summed E-state index contributed by atoms with van der Waals surface area (Å²) in [4.78, 5) is 22.5. The fourth-order valence-corrected chi connectivity index (χ4v) is 3.05. The highest BCUT2D eigenvalue weighted by atomic mass is 35.5. The molecule has 1 aliphatic rings. The van der Waals surface area contributed by atoms with E-state index in [2.05, 4.69) is 24.9 Å². The van der Waals surface area contributed by atoms with Gasteiger partial charge in [-0.3, -0.25) is 4.79 Å². The number of carbonyl (C=O) groups excluding carboxylic acids is 1. The lowest BCUT2D eigenvalue weighted by molar-refractivity contribution is -0.154. The number of aromatic nitrogens is 2. The number of pyridine rings is 2. The van der Waals surface area contributed by atoms with Crippen LogP contribution in [0, 0.1) is 0 Å². The highest BCUT2D eigenvalue weighted by Gasteiger charge is 2.29. The smallest absolute Gasteiger partial charge is 0.422 e. The Labute approximate surface area is 176 Å². The zero-order chi connectivity index (χ0) is 21.7. The molecule has 1 aliphatic heterocycles. The van der Waals surface area contributed by atoms with Crippen molar-refractivity contribution in [3.8, 4) is 5.88 Å². The number of anilines is 1. The van der Waals surface area contributed by atoms with Gasteiger partial charge in [0.1, 0.15) is 10.8 Å². The topological polar surface area (TPSA) is 76.6 Å². The monoisotopic (exact) mass is 444 g/mol. The molecule has 1 atom stereocenters. The number of alkyl halides is 3. The average molecular weight is 445 g/mol. The van der Waals surface area contributed by atoms with Crippen molar-refractivity contribution in [1.82, 2.24) is 15.3 Å². The molecule has 3 rings (SSSR count). The van der Waals surface area contributed by atoms with Crippen molar-refractivity contribution < 1.29 is 27.4 Å². The van der Waals surface area contributed by atoms with Crippen molar-refractivity contribution in [3.63, 3.8) is 0 Å². The maximum atomic E-state index is 12.3. The van der Waals surface area contributed by atoms with Gasteiger partial charge in [0.2, 0.25) is 5.88 Å². The van der Waals surface area contributed by atoms with Gasteiger partial charge in [0, 0.05) is 32.0 Å². The molecule has 162 valence electrons. The first kappa shape index (κ1) is 22.1. The molecule has 2 aromatic rings. The van der Waals surface area contributed by atoms with Crippen molar-refractivity contribution in [2.75, 3.05) is 31.2 Å². The number of rotatable bonds is 6. The molecule has 7 nitrogen and oxygen atoms in total. The van der Waals surface area contributed by atoms with Crippen molar-refractivity contribution >= 4 is 23.3 Å². The third-order valence-electron chi connectivity index (χ3n) is 4.27. The van der Waals surface area contributed by atoms with Crippen LogP contribution in [0.1, 0.15) is 22.8 Å². The van der Waals surface area contributed by atoms with E-state index in [0.717, 1.165) is 30.7 Å². The van der Waals surface area contributed by atoms with E-state index in [1.807, 2.05) is 19.1 Å². The second-order valence-corrected chi connectivity index (χ2v) is 7.16. The molecule has 1 fully saturated rings. The van der Waals surface area contributed by atoms with E-state index in [1.54, 1.807) is 6.20 Å². The van der Waals surface area contributed by atoms with Gasteiger partial charge in [-0.25, -0.2) is 9.97 Å². The number of hydrogen-bond acceptors (Lipinski definition) is 6. The number of morpholine rings is 1. The average Bonchev–Trinajstić information content (AvgIpc) is 2.71. The maximum absolute atomic E-state index is 12.3.